The van der Waals surface area contributed by atoms with E-state index in [4.69, 9.17) is 0 Å². The summed E-state index contributed by atoms with van der Waals surface area (Å²) in [6, 6.07) is 5.50. The maximum Gasteiger partial charge on any atom is 0.737 e. The van der Waals surface area contributed by atoms with Crippen LogP contribution in [-0.2, 0) is 0 Å². The first kappa shape index (κ1) is 16.9. The Morgan fingerprint density at radius 1 is 1.04 bits per heavy atom. The number of nitrogens with zero attached hydrogens (tertiary/aromatic N) is 2. The van der Waals surface area contributed by atoms with Gasteiger partial charge in [0.15, 0.2) is 17.3 Å². The van der Waals surface area contributed by atoms with Crippen molar-refractivity contribution in [1.82, 2.24) is 4.48 Å². The molecule has 134 valence electrons. The highest BCUT2D eigenvalue weighted by molar-refractivity contribution is 6.58. The largest absolute Gasteiger partial charge is 0.737 e. The Morgan fingerprint density at radius 2 is 1.73 bits per heavy atom. The average molecular weight is 360 g/mol. The molecule has 2 aliphatic rings. The number of aryl methyl sites for hydroxylation is 2. The quantitative estimate of drug-likeness (QED) is 0.509. The van der Waals surface area contributed by atoms with Crippen LogP contribution in [0, 0.1) is 25.5 Å². The lowest BCUT2D eigenvalue weighted by atomic mass is 9.83. The van der Waals surface area contributed by atoms with Gasteiger partial charge < -0.3 is 17.6 Å². The van der Waals surface area contributed by atoms with Gasteiger partial charge in [-0.05, 0) is 44.2 Å². The maximum atomic E-state index is 15.4. The van der Waals surface area contributed by atoms with Crippen molar-refractivity contribution in [2.75, 3.05) is 0 Å². The molecular weight excluding hydrogens is 343 g/mol. The molecule has 1 aromatic heterocycles. The maximum absolute atomic E-state index is 15.4. The number of benzene rings is 1. The molecule has 0 aliphatic carbocycles. The molecule has 0 saturated carbocycles. The normalized spacial score (nSPS) is 18.2. The Bertz CT molecular complexity index is 1070. The Kier molecular flexibility index (Phi) is 3.39. The summed E-state index contributed by atoms with van der Waals surface area (Å²) in [4.78, 5) is 0. The molecule has 0 bridgehead atoms. The molecule has 0 unspecified atom stereocenters. The molecule has 1 aromatic carbocycles. The van der Waals surface area contributed by atoms with Crippen LogP contribution in [0.25, 0.3) is 5.57 Å². The SMILES string of the molecule is CC1=CC(C)=[N+]2C1=C(c1cccc(F)c1F)c1c(C)cc(C)n1[B-]2(F)F. The predicted molar refractivity (Wildman–Crippen MR) is 94.4 cm³/mol. The molecule has 2 aromatic rings. The minimum atomic E-state index is -4.13. The number of fused-ring (bicyclic) bond motifs is 2. The molecule has 2 aliphatic heterocycles. The van der Waals surface area contributed by atoms with Crippen molar-refractivity contribution in [2.24, 2.45) is 0 Å². The first-order valence-electron chi connectivity index (χ1n) is 8.37. The highest BCUT2D eigenvalue weighted by Crippen LogP contribution is 2.44. The lowest BCUT2D eigenvalue weighted by Crippen LogP contribution is -2.51. The van der Waals surface area contributed by atoms with Crippen LogP contribution in [0.4, 0.5) is 17.4 Å². The smallest absolute Gasteiger partial charge is 0.393 e. The molecule has 0 amide bonds. The molecule has 0 N–H and O–H groups in total. The van der Waals surface area contributed by atoms with Gasteiger partial charge >= 0.3 is 6.97 Å². The molecule has 4 rings (SSSR count). The van der Waals surface area contributed by atoms with Crippen molar-refractivity contribution in [3.63, 3.8) is 0 Å². The van der Waals surface area contributed by atoms with Gasteiger partial charge in [-0.25, -0.2) is 8.78 Å². The van der Waals surface area contributed by atoms with Crippen LogP contribution < -0.4 is 0 Å². The van der Waals surface area contributed by atoms with Gasteiger partial charge in [0.2, 0.25) is 0 Å². The fraction of sp³-hybridized carbons (Fsp3) is 0.211. The molecule has 0 spiro atoms. The molecule has 0 saturated heterocycles. The third kappa shape index (κ3) is 1.97. The third-order valence-corrected chi connectivity index (χ3v) is 5.16. The zero-order valence-electron chi connectivity index (χ0n) is 14.9. The summed E-state index contributed by atoms with van der Waals surface area (Å²) in [6.07, 6.45) is 1.65. The third-order valence-electron chi connectivity index (χ3n) is 5.16. The van der Waals surface area contributed by atoms with Gasteiger partial charge in [-0.3, -0.25) is 0 Å². The Labute approximate surface area is 148 Å². The first-order chi connectivity index (χ1) is 12.2. The second-order valence-corrected chi connectivity index (χ2v) is 6.94. The van der Waals surface area contributed by atoms with Crippen LogP contribution in [0.15, 0.2) is 41.6 Å². The van der Waals surface area contributed by atoms with E-state index in [-0.39, 0.29) is 17.0 Å². The van der Waals surface area contributed by atoms with Crippen molar-refractivity contribution in [2.45, 2.75) is 27.7 Å². The van der Waals surface area contributed by atoms with Crippen LogP contribution in [-0.4, -0.2) is 21.6 Å². The van der Waals surface area contributed by atoms with Crippen LogP contribution in [0.3, 0.4) is 0 Å². The number of allylic oxidation sites excluding steroid dienone is 2. The van der Waals surface area contributed by atoms with Gasteiger partial charge in [0.05, 0.1) is 5.57 Å². The van der Waals surface area contributed by atoms with Crippen LogP contribution in [0.1, 0.15) is 36.4 Å². The fourth-order valence-electron chi connectivity index (χ4n) is 4.25. The second-order valence-electron chi connectivity index (χ2n) is 6.94. The van der Waals surface area contributed by atoms with Crippen LogP contribution in [0.5, 0.6) is 0 Å². The fourth-order valence-corrected chi connectivity index (χ4v) is 4.25. The van der Waals surface area contributed by atoms with E-state index in [0.717, 1.165) is 15.0 Å². The summed E-state index contributed by atoms with van der Waals surface area (Å²) in [5.74, 6) is -2.03. The minimum Gasteiger partial charge on any atom is -0.393 e. The monoisotopic (exact) mass is 360 g/mol. The van der Waals surface area contributed by atoms with Gasteiger partial charge in [0.1, 0.15) is 5.71 Å². The van der Waals surface area contributed by atoms with E-state index in [9.17, 15) is 8.78 Å². The molecule has 2 nitrogen and oxygen atoms in total. The summed E-state index contributed by atoms with van der Waals surface area (Å²) < 4.78 is 61.3. The number of aromatic nitrogens is 1. The van der Waals surface area contributed by atoms with Crippen molar-refractivity contribution in [3.8, 4) is 0 Å². The van der Waals surface area contributed by atoms with Gasteiger partial charge in [-0.15, -0.1) is 0 Å². The number of halogens is 4. The highest BCUT2D eigenvalue weighted by Gasteiger charge is 2.55. The van der Waals surface area contributed by atoms with Gasteiger partial charge in [0, 0.05) is 29.8 Å². The zero-order chi connectivity index (χ0) is 19.0. The average Bonchev–Trinajstić information content (AvgIpc) is 3.01. The number of hydrogen-bond donors (Lipinski definition) is 0. The molecule has 3 heterocycles. The summed E-state index contributed by atoms with van der Waals surface area (Å²) in [5.41, 5.74) is 2.74. The standard InChI is InChI=1S/C19H17BF4N2/c1-10-8-12(3)25-18(10)16(14-6-5-7-15(21)17(14)22)19-11(2)9-13(4)26(19)20(25,23)24/h5-9H,1-4H3. The molecule has 7 heteroatoms. The predicted octanol–water partition coefficient (Wildman–Crippen LogP) is 4.81. The second kappa shape index (κ2) is 5.22. The van der Waals surface area contributed by atoms with Crippen molar-refractivity contribution < 1.29 is 21.9 Å². The lowest BCUT2D eigenvalue weighted by Gasteiger charge is -2.34. The van der Waals surface area contributed by atoms with Gasteiger partial charge in [0.25, 0.3) is 0 Å². The van der Waals surface area contributed by atoms with E-state index >= 15 is 8.63 Å². The Balaban J connectivity index is 2.22. The van der Waals surface area contributed by atoms with Gasteiger partial charge in [-0.1, -0.05) is 12.1 Å². The molecular formula is C19H17BF4N2. The first-order valence-corrected chi connectivity index (χ1v) is 8.37. The van der Waals surface area contributed by atoms with E-state index in [1.165, 1.54) is 12.1 Å². The molecule has 26 heavy (non-hydrogen) atoms. The van der Waals surface area contributed by atoms with E-state index in [1.54, 1.807) is 39.8 Å². The number of hydrogen-bond acceptors (Lipinski definition) is 0. The summed E-state index contributed by atoms with van der Waals surface area (Å²) in [5, 5.41) is 0. The topological polar surface area (TPSA) is 7.94 Å². The highest BCUT2D eigenvalue weighted by atomic mass is 19.2. The van der Waals surface area contributed by atoms with E-state index in [0.29, 0.717) is 28.1 Å². The minimum absolute atomic E-state index is 0.0128. The van der Waals surface area contributed by atoms with Crippen molar-refractivity contribution >= 4 is 18.3 Å². The zero-order valence-corrected chi connectivity index (χ0v) is 14.9. The van der Waals surface area contributed by atoms with Crippen LogP contribution in [0.2, 0.25) is 0 Å². The van der Waals surface area contributed by atoms with E-state index < -0.39 is 18.6 Å². The lowest BCUT2D eigenvalue weighted by molar-refractivity contribution is -0.363. The van der Waals surface area contributed by atoms with Gasteiger partial charge in [-0.2, -0.15) is 0 Å². The summed E-state index contributed by atoms with van der Waals surface area (Å²) in [7, 11) is 0. The van der Waals surface area contributed by atoms with E-state index in [1.807, 2.05) is 0 Å². The van der Waals surface area contributed by atoms with Crippen molar-refractivity contribution in [3.05, 3.63) is 75.8 Å². The number of rotatable bonds is 1. The van der Waals surface area contributed by atoms with Crippen LogP contribution >= 0.6 is 0 Å². The summed E-state index contributed by atoms with van der Waals surface area (Å²) in [6.45, 7) is 2.50. The molecule has 0 atom stereocenters. The summed E-state index contributed by atoms with van der Waals surface area (Å²) >= 11 is 0. The van der Waals surface area contributed by atoms with Crippen molar-refractivity contribution in [1.29, 1.82) is 0 Å². The van der Waals surface area contributed by atoms with E-state index in [2.05, 4.69) is 0 Å². The Hall–Kier alpha value is -2.57. The molecule has 0 radical (unpaired) electrons. The molecule has 0 fully saturated rings. The Morgan fingerprint density at radius 3 is 2.42 bits per heavy atom.